The molecule has 0 saturated heterocycles. The Labute approximate surface area is 197 Å². The Morgan fingerprint density at radius 3 is 2.03 bits per heavy atom. The summed E-state index contributed by atoms with van der Waals surface area (Å²) < 4.78 is 0. The van der Waals surface area contributed by atoms with Crippen LogP contribution in [0.4, 0.5) is 0 Å². The fourth-order valence-electron chi connectivity index (χ4n) is 4.55. The van der Waals surface area contributed by atoms with Gasteiger partial charge >= 0.3 is 0 Å². The average molecular weight is 461 g/mol. The van der Waals surface area contributed by atoms with Gasteiger partial charge in [0.25, 0.3) is 0 Å². The van der Waals surface area contributed by atoms with Crippen LogP contribution in [0.2, 0.25) is 0 Å². The number of hydrogen-bond acceptors (Lipinski definition) is 6. The summed E-state index contributed by atoms with van der Waals surface area (Å²) in [7, 11) is 0. The Morgan fingerprint density at radius 1 is 1.03 bits per heavy atom. The molecule has 0 aliphatic rings. The molecule has 0 bridgehead atoms. The number of hydroxylamine groups is 1. The Bertz CT molecular complexity index is 831. The Balaban J connectivity index is 3.97. The van der Waals surface area contributed by atoms with Gasteiger partial charge in [0, 0.05) is 0 Å². The van der Waals surface area contributed by atoms with Crippen molar-refractivity contribution in [2.24, 2.45) is 40.7 Å². The second kappa shape index (κ2) is 12.1. The molecule has 0 saturated carbocycles. The quantitative estimate of drug-likeness (QED) is 0.140. The number of hydrogen-bond donors (Lipinski definition) is 5. The zero-order chi connectivity index (χ0) is 25.4. The first kappa shape index (κ1) is 28.5. The highest BCUT2D eigenvalue weighted by atomic mass is 16.5. The zero-order valence-electron chi connectivity index (χ0n) is 20.6. The number of nitrogens with two attached hydrogens (primary N) is 2. The predicted molar refractivity (Wildman–Crippen MR) is 129 cm³/mol. The summed E-state index contributed by atoms with van der Waals surface area (Å²) in [5, 5.41) is 9.68. The molecule has 33 heavy (non-hydrogen) atoms. The number of ketones is 1. The first-order chi connectivity index (χ1) is 15.3. The van der Waals surface area contributed by atoms with E-state index in [9.17, 15) is 19.6 Å². The first-order valence-corrected chi connectivity index (χ1v) is 11.3. The third-order valence-electron chi connectivity index (χ3n) is 5.68. The number of benzene rings is 1. The lowest BCUT2D eigenvalue weighted by Gasteiger charge is -2.44. The summed E-state index contributed by atoms with van der Waals surface area (Å²) in [6.07, 6.45) is 3.95. The van der Waals surface area contributed by atoms with Crippen LogP contribution in [-0.4, -0.2) is 28.3 Å². The van der Waals surface area contributed by atoms with Crippen molar-refractivity contribution in [1.29, 1.82) is 0 Å². The van der Waals surface area contributed by atoms with E-state index in [4.69, 9.17) is 11.6 Å². The van der Waals surface area contributed by atoms with E-state index in [0.29, 0.717) is 0 Å². The molecule has 1 aromatic carbocycles. The van der Waals surface area contributed by atoms with E-state index >= 15 is 0 Å². The molecular formula is C25H40N4O4. The molecular weight excluding hydrogens is 420 g/mol. The summed E-state index contributed by atoms with van der Waals surface area (Å²) in [6, 6.07) is 9.33. The lowest BCUT2D eigenvalue weighted by molar-refractivity contribution is -0.152. The maximum Gasteiger partial charge on any atom is 0.248 e. The highest BCUT2D eigenvalue weighted by Crippen LogP contribution is 2.46. The summed E-state index contributed by atoms with van der Waals surface area (Å²) >= 11 is 0. The van der Waals surface area contributed by atoms with Gasteiger partial charge in [0.05, 0.1) is 22.8 Å². The first-order valence-electron chi connectivity index (χ1n) is 11.3. The molecule has 7 N–H and O–H groups in total. The van der Waals surface area contributed by atoms with Gasteiger partial charge in [-0.1, -0.05) is 70.2 Å². The number of nitrogens with one attached hydrogen (secondary N) is 2. The minimum atomic E-state index is -1.48. The second-order valence-corrected chi connectivity index (χ2v) is 10.1. The Morgan fingerprint density at radius 2 is 1.61 bits per heavy atom. The van der Waals surface area contributed by atoms with Crippen molar-refractivity contribution in [3.8, 4) is 0 Å². The molecule has 184 valence electrons. The molecule has 2 amide bonds. The molecule has 0 fully saturated rings. The normalized spacial score (nSPS) is 15.8. The smallest absolute Gasteiger partial charge is 0.248 e. The predicted octanol–water partition coefficient (Wildman–Crippen LogP) is 2.81. The Kier molecular flexibility index (Phi) is 10.4. The third-order valence-corrected chi connectivity index (χ3v) is 5.68. The molecule has 1 rings (SSSR count). The summed E-state index contributed by atoms with van der Waals surface area (Å²) in [6.45, 7) is 10.8. The number of rotatable bonds is 12. The molecule has 8 nitrogen and oxygen atoms in total. The number of carbonyl (C=O) groups excluding carboxylic acids is 3. The highest BCUT2D eigenvalue weighted by Gasteiger charge is 2.55. The van der Waals surface area contributed by atoms with Crippen LogP contribution >= 0.6 is 0 Å². The van der Waals surface area contributed by atoms with Gasteiger partial charge in [-0.25, -0.2) is 11.3 Å². The van der Waals surface area contributed by atoms with Crippen molar-refractivity contribution in [2.45, 2.75) is 59.9 Å². The second-order valence-electron chi connectivity index (χ2n) is 10.1. The largest absolute Gasteiger partial charge is 0.319 e. The summed E-state index contributed by atoms with van der Waals surface area (Å²) in [4.78, 5) is 40.1. The third kappa shape index (κ3) is 7.48. The maximum absolute atomic E-state index is 14.0. The minimum absolute atomic E-state index is 0.0112. The molecule has 1 unspecified atom stereocenters. The van der Waals surface area contributed by atoms with Gasteiger partial charge in [0.1, 0.15) is 0 Å². The lowest BCUT2D eigenvalue weighted by atomic mass is 9.58. The van der Waals surface area contributed by atoms with E-state index in [1.54, 1.807) is 31.5 Å². The van der Waals surface area contributed by atoms with Crippen molar-refractivity contribution >= 4 is 23.7 Å². The molecule has 0 aliphatic heterocycles. The van der Waals surface area contributed by atoms with Gasteiger partial charge in [-0.2, -0.15) is 0 Å². The van der Waals surface area contributed by atoms with E-state index in [0.717, 1.165) is 5.56 Å². The van der Waals surface area contributed by atoms with Crippen LogP contribution in [0.3, 0.4) is 0 Å². The van der Waals surface area contributed by atoms with Crippen molar-refractivity contribution in [1.82, 2.24) is 10.9 Å². The highest BCUT2D eigenvalue weighted by molar-refractivity contribution is 6.01. The standard InChI is InChI=1S/C25H40N4O4/c1-16(2)14-19(21(30)28-27)20(22(31)29-33)25(15-17(3)4,23(32)24(5,6)26)13-12-18-10-8-7-9-11-18/h7-13,16-17,19-20,33H,14-15,26-27H2,1-6H3,(H,28,30)(H,29,31)/b13-12+/t19-,20-,25?/m1/s1. The van der Waals surface area contributed by atoms with Crippen molar-refractivity contribution < 1.29 is 19.6 Å². The number of Topliss-reactive ketones (excluding diaryl/α,β-unsaturated/α-hetero) is 1. The average Bonchev–Trinajstić information content (AvgIpc) is 2.74. The van der Waals surface area contributed by atoms with Gasteiger partial charge in [0.2, 0.25) is 11.8 Å². The number of allylic oxidation sites excluding steroid dienone is 1. The summed E-state index contributed by atoms with van der Waals surface area (Å²) in [5.74, 6) is 1.41. The van der Waals surface area contributed by atoms with Crippen LogP contribution in [-0.2, 0) is 14.4 Å². The van der Waals surface area contributed by atoms with Gasteiger partial charge < -0.3 is 5.73 Å². The van der Waals surface area contributed by atoms with Gasteiger partial charge in [-0.05, 0) is 44.1 Å². The van der Waals surface area contributed by atoms with E-state index in [1.807, 2.05) is 58.0 Å². The van der Waals surface area contributed by atoms with Crippen LogP contribution in [0.15, 0.2) is 36.4 Å². The topological polar surface area (TPSA) is 148 Å². The van der Waals surface area contributed by atoms with Crippen LogP contribution in [0.1, 0.15) is 59.9 Å². The summed E-state index contributed by atoms with van der Waals surface area (Å²) in [5.41, 5.74) is 8.15. The van der Waals surface area contributed by atoms with E-state index in [2.05, 4.69) is 5.43 Å². The van der Waals surface area contributed by atoms with E-state index in [1.165, 1.54) is 0 Å². The molecule has 8 heteroatoms. The van der Waals surface area contributed by atoms with Crippen LogP contribution in [0, 0.1) is 29.1 Å². The monoisotopic (exact) mass is 460 g/mol. The van der Waals surface area contributed by atoms with Crippen molar-refractivity contribution in [2.75, 3.05) is 0 Å². The molecule has 0 radical (unpaired) electrons. The SMILES string of the molecule is CC(C)C[C@@H](C(=O)NN)[C@H](C(=O)NO)C(/C=C/c1ccccc1)(CC(C)C)C(=O)C(C)(C)N. The van der Waals surface area contributed by atoms with Crippen molar-refractivity contribution in [3.05, 3.63) is 42.0 Å². The molecule has 1 aromatic rings. The number of amides is 2. The van der Waals surface area contributed by atoms with E-state index in [-0.39, 0.29) is 24.7 Å². The van der Waals surface area contributed by atoms with Crippen molar-refractivity contribution in [3.63, 3.8) is 0 Å². The van der Waals surface area contributed by atoms with Gasteiger partial charge in [0.15, 0.2) is 5.78 Å². The lowest BCUT2D eigenvalue weighted by Crippen LogP contribution is -2.59. The Hall–Kier alpha value is -2.55. The molecule has 0 heterocycles. The molecule has 0 spiro atoms. The maximum atomic E-state index is 14.0. The minimum Gasteiger partial charge on any atom is -0.319 e. The fraction of sp³-hybridized carbons (Fsp3) is 0.560. The van der Waals surface area contributed by atoms with E-state index < -0.39 is 40.4 Å². The van der Waals surface area contributed by atoms with Crippen LogP contribution in [0.5, 0.6) is 0 Å². The van der Waals surface area contributed by atoms with Crippen LogP contribution < -0.4 is 22.5 Å². The fourth-order valence-corrected chi connectivity index (χ4v) is 4.55. The van der Waals surface area contributed by atoms with Gasteiger partial charge in [-0.3, -0.25) is 25.0 Å². The van der Waals surface area contributed by atoms with Gasteiger partial charge in [-0.15, -0.1) is 0 Å². The number of hydrazine groups is 1. The molecule has 0 aromatic heterocycles. The zero-order valence-corrected chi connectivity index (χ0v) is 20.6. The molecule has 3 atom stereocenters. The van der Waals surface area contributed by atoms with Crippen LogP contribution in [0.25, 0.3) is 6.08 Å². The molecule has 0 aliphatic carbocycles. The number of carbonyl (C=O) groups is 3.